The Morgan fingerprint density at radius 1 is 1.29 bits per heavy atom. The van der Waals surface area contributed by atoms with Gasteiger partial charge in [-0.15, -0.1) is 0 Å². The summed E-state index contributed by atoms with van der Waals surface area (Å²) in [5.74, 6) is -1.11. The number of Topliss-reactive ketones (excluding diaryl/α,β-unsaturated/α-hetero) is 1. The number of benzene rings is 1. The molecule has 0 aliphatic heterocycles. The molecule has 0 spiro atoms. The zero-order chi connectivity index (χ0) is 12.7. The van der Waals surface area contributed by atoms with Crippen molar-refractivity contribution < 1.29 is 19.4 Å². The molecule has 2 N–H and O–H groups in total. The zero-order valence-electron chi connectivity index (χ0n) is 9.27. The summed E-state index contributed by atoms with van der Waals surface area (Å²) in [6, 6.07) is 2.36. The molecule has 0 fully saturated rings. The molecule has 5 nitrogen and oxygen atoms in total. The lowest BCUT2D eigenvalue weighted by Crippen LogP contribution is -2.04. The van der Waals surface area contributed by atoms with Gasteiger partial charge in [-0.3, -0.25) is 9.59 Å². The zero-order valence-corrected chi connectivity index (χ0v) is 9.27. The van der Waals surface area contributed by atoms with E-state index in [1.165, 1.54) is 13.0 Å². The molecule has 0 aliphatic carbocycles. The van der Waals surface area contributed by atoms with Crippen molar-refractivity contribution >= 4 is 16.8 Å². The van der Waals surface area contributed by atoms with Crippen molar-refractivity contribution in [2.75, 3.05) is 0 Å². The van der Waals surface area contributed by atoms with Crippen LogP contribution >= 0.6 is 0 Å². The number of phenolic OH excluding ortho intramolecular Hbond substituents is 2. The molecule has 0 amide bonds. The van der Waals surface area contributed by atoms with Crippen LogP contribution in [0.3, 0.4) is 0 Å². The molecule has 0 atom stereocenters. The van der Waals surface area contributed by atoms with Gasteiger partial charge in [0.25, 0.3) is 0 Å². The van der Waals surface area contributed by atoms with E-state index in [1.54, 1.807) is 6.92 Å². The molecule has 1 heterocycles. The third kappa shape index (κ3) is 1.65. The predicted octanol–water partition coefficient (Wildman–Crippen LogP) is 1.72. The van der Waals surface area contributed by atoms with E-state index >= 15 is 0 Å². The van der Waals surface area contributed by atoms with Gasteiger partial charge in [0.2, 0.25) is 0 Å². The monoisotopic (exact) mass is 234 g/mol. The van der Waals surface area contributed by atoms with E-state index in [0.717, 1.165) is 6.07 Å². The van der Waals surface area contributed by atoms with Crippen LogP contribution in [0.5, 0.6) is 11.5 Å². The van der Waals surface area contributed by atoms with Crippen molar-refractivity contribution in [3.63, 3.8) is 0 Å². The molecule has 0 saturated carbocycles. The third-order valence-electron chi connectivity index (χ3n) is 2.45. The van der Waals surface area contributed by atoms with E-state index in [1.807, 2.05) is 0 Å². The molecule has 0 radical (unpaired) electrons. The number of hydrogen-bond donors (Lipinski definition) is 2. The Bertz CT molecular complexity index is 681. The SMILES string of the molecule is CC(=O)c1c(O)cc2oc(C)cc(=O)c2c1O. The number of rotatable bonds is 1. The average molecular weight is 234 g/mol. The molecular formula is C12H10O5. The predicted molar refractivity (Wildman–Crippen MR) is 60.6 cm³/mol. The summed E-state index contributed by atoms with van der Waals surface area (Å²) in [5.41, 5.74) is -0.674. The molecule has 2 rings (SSSR count). The Labute approximate surface area is 95.9 Å². The van der Waals surface area contributed by atoms with Crippen LogP contribution in [0.25, 0.3) is 11.0 Å². The number of hydrogen-bond acceptors (Lipinski definition) is 5. The summed E-state index contributed by atoms with van der Waals surface area (Å²) >= 11 is 0. The van der Waals surface area contributed by atoms with Crippen molar-refractivity contribution in [2.45, 2.75) is 13.8 Å². The second-order valence-electron chi connectivity index (χ2n) is 3.77. The lowest BCUT2D eigenvalue weighted by molar-refractivity contribution is 0.101. The standard InChI is InChI=1S/C12H10O5/c1-5-3-7(14)11-9(17-5)4-8(15)10(6(2)13)12(11)16/h3-4,15-16H,1-2H3. The van der Waals surface area contributed by atoms with Crippen molar-refractivity contribution in [3.8, 4) is 11.5 Å². The minimum absolute atomic E-state index is 0.0509. The maximum Gasteiger partial charge on any atom is 0.196 e. The van der Waals surface area contributed by atoms with Crippen molar-refractivity contribution in [1.29, 1.82) is 0 Å². The number of ketones is 1. The van der Waals surface area contributed by atoms with Crippen LogP contribution in [0.4, 0.5) is 0 Å². The van der Waals surface area contributed by atoms with Gasteiger partial charge in [-0.2, -0.15) is 0 Å². The largest absolute Gasteiger partial charge is 0.507 e. The average Bonchev–Trinajstić information content (AvgIpc) is 2.13. The van der Waals surface area contributed by atoms with Gasteiger partial charge in [-0.05, 0) is 13.8 Å². The first kappa shape index (κ1) is 11.2. The summed E-state index contributed by atoms with van der Waals surface area (Å²) in [7, 11) is 0. The second-order valence-corrected chi connectivity index (χ2v) is 3.77. The van der Waals surface area contributed by atoms with Crippen molar-refractivity contribution in [3.05, 3.63) is 33.7 Å². The summed E-state index contributed by atoms with van der Waals surface area (Å²) in [4.78, 5) is 22.9. The maximum absolute atomic E-state index is 11.7. The summed E-state index contributed by atoms with van der Waals surface area (Å²) in [5, 5.41) is 19.3. The first-order chi connectivity index (χ1) is 7.91. The molecule has 88 valence electrons. The van der Waals surface area contributed by atoms with Crippen LogP contribution < -0.4 is 5.43 Å². The highest BCUT2D eigenvalue weighted by atomic mass is 16.3. The first-order valence-electron chi connectivity index (χ1n) is 4.92. The number of fused-ring (bicyclic) bond motifs is 1. The fourth-order valence-electron chi connectivity index (χ4n) is 1.76. The molecule has 2 aromatic rings. The number of phenols is 2. The highest BCUT2D eigenvalue weighted by Crippen LogP contribution is 2.34. The van der Waals surface area contributed by atoms with Crippen LogP contribution in [0, 0.1) is 6.92 Å². The second kappa shape index (κ2) is 3.62. The lowest BCUT2D eigenvalue weighted by atomic mass is 10.1. The molecule has 17 heavy (non-hydrogen) atoms. The quantitative estimate of drug-likeness (QED) is 0.733. The van der Waals surface area contributed by atoms with E-state index in [9.17, 15) is 19.8 Å². The summed E-state index contributed by atoms with van der Waals surface area (Å²) in [6.45, 7) is 2.77. The van der Waals surface area contributed by atoms with Crippen LogP contribution in [0.2, 0.25) is 0 Å². The van der Waals surface area contributed by atoms with Crippen LogP contribution in [0.1, 0.15) is 23.0 Å². The van der Waals surface area contributed by atoms with E-state index in [-0.39, 0.29) is 16.5 Å². The van der Waals surface area contributed by atoms with Gasteiger partial charge in [-0.1, -0.05) is 0 Å². The number of aryl methyl sites for hydroxylation is 1. The minimum Gasteiger partial charge on any atom is -0.507 e. The Morgan fingerprint density at radius 3 is 2.53 bits per heavy atom. The fourth-order valence-corrected chi connectivity index (χ4v) is 1.76. The highest BCUT2D eigenvalue weighted by Gasteiger charge is 2.19. The minimum atomic E-state index is -0.541. The number of aromatic hydroxyl groups is 2. The van der Waals surface area contributed by atoms with Gasteiger partial charge in [0, 0.05) is 12.1 Å². The smallest absolute Gasteiger partial charge is 0.196 e. The molecule has 0 bridgehead atoms. The van der Waals surface area contributed by atoms with E-state index < -0.39 is 22.7 Å². The molecule has 0 saturated heterocycles. The maximum atomic E-state index is 11.7. The lowest BCUT2D eigenvalue weighted by Gasteiger charge is -2.07. The Kier molecular flexibility index (Phi) is 2.38. The molecule has 0 unspecified atom stereocenters. The van der Waals surface area contributed by atoms with Crippen LogP contribution in [0.15, 0.2) is 21.3 Å². The highest BCUT2D eigenvalue weighted by molar-refractivity contribution is 6.05. The Morgan fingerprint density at radius 2 is 1.94 bits per heavy atom. The summed E-state index contributed by atoms with van der Waals surface area (Å²) < 4.78 is 5.21. The fraction of sp³-hybridized carbons (Fsp3) is 0.167. The number of carbonyl (C=O) groups is 1. The van der Waals surface area contributed by atoms with Gasteiger partial charge in [0.1, 0.15) is 33.8 Å². The Hall–Kier alpha value is -2.30. The molecule has 1 aromatic heterocycles. The van der Waals surface area contributed by atoms with E-state index in [2.05, 4.69) is 0 Å². The van der Waals surface area contributed by atoms with Crippen molar-refractivity contribution in [2.24, 2.45) is 0 Å². The normalized spacial score (nSPS) is 10.7. The first-order valence-corrected chi connectivity index (χ1v) is 4.92. The van der Waals surface area contributed by atoms with Crippen LogP contribution in [-0.2, 0) is 0 Å². The van der Waals surface area contributed by atoms with E-state index in [0.29, 0.717) is 5.76 Å². The third-order valence-corrected chi connectivity index (χ3v) is 2.45. The van der Waals surface area contributed by atoms with Gasteiger partial charge >= 0.3 is 0 Å². The number of carbonyl (C=O) groups excluding carboxylic acids is 1. The molecule has 5 heteroatoms. The molecule has 1 aromatic carbocycles. The van der Waals surface area contributed by atoms with Gasteiger partial charge in [-0.25, -0.2) is 0 Å². The molecular weight excluding hydrogens is 224 g/mol. The Balaban J connectivity index is 3.03. The topological polar surface area (TPSA) is 87.7 Å². The van der Waals surface area contributed by atoms with E-state index in [4.69, 9.17) is 4.42 Å². The molecule has 0 aliphatic rings. The van der Waals surface area contributed by atoms with Gasteiger partial charge < -0.3 is 14.6 Å². The van der Waals surface area contributed by atoms with Gasteiger partial charge in [0.15, 0.2) is 11.2 Å². The van der Waals surface area contributed by atoms with Crippen molar-refractivity contribution in [1.82, 2.24) is 0 Å². The summed E-state index contributed by atoms with van der Waals surface area (Å²) in [6.07, 6.45) is 0. The van der Waals surface area contributed by atoms with Crippen LogP contribution in [-0.4, -0.2) is 16.0 Å². The van der Waals surface area contributed by atoms with Gasteiger partial charge in [0.05, 0.1) is 0 Å².